The van der Waals surface area contributed by atoms with Gasteiger partial charge in [0.15, 0.2) is 11.9 Å². The van der Waals surface area contributed by atoms with Gasteiger partial charge in [0.25, 0.3) is 17.7 Å². The molecule has 7 atom stereocenters. The lowest BCUT2D eigenvalue weighted by Gasteiger charge is -2.38. The summed E-state index contributed by atoms with van der Waals surface area (Å²) in [6.45, 7) is 14.8. The van der Waals surface area contributed by atoms with Crippen LogP contribution in [-0.2, 0) is 49.5 Å². The molecule has 0 saturated heterocycles. The van der Waals surface area contributed by atoms with Crippen molar-refractivity contribution in [3.05, 3.63) is 52.0 Å². The van der Waals surface area contributed by atoms with Gasteiger partial charge >= 0.3 is 11.9 Å². The highest BCUT2D eigenvalue weighted by Gasteiger charge is 2.39. The molecule has 1 aromatic carbocycles. The molecule has 6 N–H and O–H groups in total. The van der Waals surface area contributed by atoms with E-state index in [1.54, 1.807) is 24.9 Å². The minimum Gasteiger partial charge on any atom is -0.506 e. The van der Waals surface area contributed by atoms with Crippen molar-refractivity contribution in [2.75, 3.05) is 39.5 Å². The molecule has 1 aliphatic heterocycles. The van der Waals surface area contributed by atoms with E-state index < -0.39 is 77.0 Å². The Labute approximate surface area is 434 Å². The molecule has 1 aromatic heterocycles. The number of rotatable bonds is 32. The van der Waals surface area contributed by atoms with E-state index in [0.717, 1.165) is 28.4 Å². The normalized spacial score (nSPS) is 15.6. The average molecular weight is 1040 g/mol. The molecule has 0 aliphatic carbocycles. The lowest BCUT2D eigenvalue weighted by molar-refractivity contribution is -0.150. The summed E-state index contributed by atoms with van der Waals surface area (Å²) in [6, 6.07) is 3.25. The molecule has 404 valence electrons. The number of carboxylic acids is 1. The van der Waals surface area contributed by atoms with E-state index in [0.29, 0.717) is 36.4 Å². The SMILES string of the molecule is CC[C@H](C)[C@H](CC(=O)C(C)(C)N(C)C)C(=O)N(C)[C@H](C[C@@H](OC(C)=O)c1nc(C(=O)N[C@@H](Cc2ccc(O)c(NC(=O)CCCN3C(=O)C=CC3=O)c2)CC(C)C(=O)C[C@@H](CCCCN)C(=O)O)cs1)C(C)C. The Hall–Kier alpha value is -5.86. The molecule has 0 fully saturated rings. The number of unbranched alkanes of at least 4 members (excludes halogenated alkanes) is 1. The summed E-state index contributed by atoms with van der Waals surface area (Å²) in [6.07, 6.45) is 3.70. The van der Waals surface area contributed by atoms with Crippen LogP contribution in [0.25, 0.3) is 0 Å². The third-order valence-corrected chi connectivity index (χ3v) is 15.0. The fourth-order valence-corrected chi connectivity index (χ4v) is 9.48. The molecule has 5 amide bonds. The summed E-state index contributed by atoms with van der Waals surface area (Å²) in [5.74, 6) is -7.00. The third kappa shape index (κ3) is 18.2. The smallest absolute Gasteiger partial charge is 0.306 e. The number of anilines is 1. The van der Waals surface area contributed by atoms with E-state index in [-0.39, 0.29) is 104 Å². The van der Waals surface area contributed by atoms with Gasteiger partial charge in [0, 0.05) is 87.7 Å². The van der Waals surface area contributed by atoms with Crippen molar-refractivity contribution in [1.29, 1.82) is 0 Å². The Morgan fingerprint density at radius 2 is 1.60 bits per heavy atom. The monoisotopic (exact) mass is 1040 g/mol. The molecule has 19 nitrogen and oxygen atoms in total. The van der Waals surface area contributed by atoms with Crippen LogP contribution in [0.4, 0.5) is 5.69 Å². The van der Waals surface area contributed by atoms with Gasteiger partial charge in [-0.3, -0.25) is 53.0 Å². The minimum atomic E-state index is -1.09. The molecule has 0 saturated carbocycles. The molecule has 0 spiro atoms. The van der Waals surface area contributed by atoms with Crippen molar-refractivity contribution in [2.45, 2.75) is 150 Å². The number of ether oxygens (including phenoxy) is 1. The number of nitrogens with one attached hydrogen (secondary N) is 2. The van der Waals surface area contributed by atoms with Gasteiger partial charge in [-0.2, -0.15) is 0 Å². The minimum absolute atomic E-state index is 0.0110. The topological polar surface area (TPSA) is 276 Å². The summed E-state index contributed by atoms with van der Waals surface area (Å²) in [5.41, 5.74) is 5.43. The largest absolute Gasteiger partial charge is 0.506 e. The Balaban J connectivity index is 1.91. The zero-order chi connectivity index (χ0) is 54.9. The number of hydrogen-bond donors (Lipinski definition) is 5. The number of benzene rings is 1. The van der Waals surface area contributed by atoms with Gasteiger partial charge in [-0.15, -0.1) is 11.3 Å². The van der Waals surface area contributed by atoms with E-state index in [1.807, 2.05) is 60.5 Å². The number of nitrogens with zero attached hydrogens (tertiary/aromatic N) is 4. The summed E-state index contributed by atoms with van der Waals surface area (Å²) < 4.78 is 5.84. The number of thiazole rings is 1. The number of aromatic nitrogens is 1. The highest BCUT2D eigenvalue weighted by Crippen LogP contribution is 2.34. The number of carboxylic acid groups (broad SMARTS) is 1. The van der Waals surface area contributed by atoms with Crippen LogP contribution in [-0.4, -0.2) is 135 Å². The second-order valence-electron chi connectivity index (χ2n) is 20.4. The van der Waals surface area contributed by atoms with Gasteiger partial charge in [0.05, 0.1) is 17.1 Å². The van der Waals surface area contributed by atoms with Crippen molar-refractivity contribution in [2.24, 2.45) is 35.3 Å². The molecule has 1 unspecified atom stereocenters. The average Bonchev–Trinajstić information content (AvgIpc) is 3.95. The van der Waals surface area contributed by atoms with Gasteiger partial charge in [0.2, 0.25) is 11.8 Å². The van der Waals surface area contributed by atoms with Gasteiger partial charge in [-0.1, -0.05) is 53.5 Å². The van der Waals surface area contributed by atoms with Gasteiger partial charge < -0.3 is 36.2 Å². The van der Waals surface area contributed by atoms with Crippen LogP contribution in [0.3, 0.4) is 0 Å². The fourth-order valence-electron chi connectivity index (χ4n) is 8.64. The first-order chi connectivity index (χ1) is 34.2. The number of carbonyl (C=O) groups is 9. The number of amides is 5. The molecular weight excluding hydrogens is 959 g/mol. The number of imide groups is 1. The second kappa shape index (κ2) is 28.6. The Morgan fingerprint density at radius 3 is 2.18 bits per heavy atom. The predicted molar refractivity (Wildman–Crippen MR) is 277 cm³/mol. The zero-order valence-electron chi connectivity index (χ0n) is 44.5. The fraction of sp³-hybridized carbons (Fsp3) is 0.623. The van der Waals surface area contributed by atoms with Crippen LogP contribution in [0.2, 0.25) is 0 Å². The summed E-state index contributed by atoms with van der Waals surface area (Å²) in [5, 5.41) is 28.1. The van der Waals surface area contributed by atoms with Crippen LogP contribution < -0.4 is 16.4 Å². The lowest BCUT2D eigenvalue weighted by atomic mass is 9.81. The van der Waals surface area contributed by atoms with Crippen molar-refractivity contribution in [3.63, 3.8) is 0 Å². The number of likely N-dealkylation sites (N-methyl/N-ethyl adjacent to an activating group) is 1. The number of phenolic OH excluding ortho intramolecular Hbond substituents is 1. The Morgan fingerprint density at radius 1 is 0.945 bits per heavy atom. The van der Waals surface area contributed by atoms with E-state index in [9.17, 15) is 53.4 Å². The number of carbonyl (C=O) groups excluding carboxylic acids is 8. The number of aromatic hydroxyl groups is 1. The second-order valence-corrected chi connectivity index (χ2v) is 21.3. The summed E-state index contributed by atoms with van der Waals surface area (Å²) in [4.78, 5) is 127. The summed E-state index contributed by atoms with van der Waals surface area (Å²) in [7, 11) is 5.34. The van der Waals surface area contributed by atoms with Crippen molar-refractivity contribution < 1.29 is 58.1 Å². The van der Waals surface area contributed by atoms with Crippen LogP contribution in [0.15, 0.2) is 35.7 Å². The van der Waals surface area contributed by atoms with Gasteiger partial charge in [0.1, 0.15) is 22.2 Å². The molecule has 0 radical (unpaired) electrons. The molecule has 1 aliphatic rings. The van der Waals surface area contributed by atoms with Gasteiger partial charge in [-0.05, 0) is 96.1 Å². The molecule has 0 bridgehead atoms. The first-order valence-corrected chi connectivity index (χ1v) is 26.1. The number of esters is 1. The van der Waals surface area contributed by atoms with E-state index in [2.05, 4.69) is 15.6 Å². The maximum atomic E-state index is 14.4. The van der Waals surface area contributed by atoms with Crippen molar-refractivity contribution in [3.8, 4) is 5.75 Å². The van der Waals surface area contributed by atoms with E-state index in [1.165, 1.54) is 24.4 Å². The standard InChI is InChI=1S/C53H79N7O12S/c1-12-32(4)38(28-45(64)53(7,8)58(9)10)51(69)59(11)41(31(2)3)29-44(72-34(6)61)50-57-40(30-73-50)49(68)55-37(24-33(5)43(63)27-36(52(70)71)16-13-14-22-54)25-35-18-19-42(62)39(26-35)56-46(65)17-15-23-60-47(66)20-21-48(60)67/h18-21,26,30-33,36-38,41,44,62H,12-17,22-25,27-29,54H2,1-11H3,(H,55,68)(H,56,65)(H,70,71)/t32-,33?,36+,37+,38-,41+,44+/m0/s1. The summed E-state index contributed by atoms with van der Waals surface area (Å²) >= 11 is 1.09. The first-order valence-electron chi connectivity index (χ1n) is 25.2. The van der Waals surface area contributed by atoms with Crippen molar-refractivity contribution in [1.82, 2.24) is 25.0 Å². The number of aliphatic carboxylic acids is 1. The molecular formula is C53H79N7O12S. The van der Waals surface area contributed by atoms with E-state index in [4.69, 9.17) is 10.5 Å². The van der Waals surface area contributed by atoms with Crippen LogP contribution in [0.1, 0.15) is 147 Å². The molecule has 2 heterocycles. The lowest BCUT2D eigenvalue weighted by Crippen LogP contribution is -2.50. The number of Topliss-reactive ketones (excluding diaryl/α,β-unsaturated/α-hetero) is 2. The number of ketones is 2. The highest BCUT2D eigenvalue weighted by molar-refractivity contribution is 7.09. The third-order valence-electron chi connectivity index (χ3n) is 14.1. The quantitative estimate of drug-likeness (QED) is 0.0240. The maximum absolute atomic E-state index is 14.4. The maximum Gasteiger partial charge on any atom is 0.306 e. The molecule has 2 aromatic rings. The van der Waals surface area contributed by atoms with Gasteiger partial charge in [-0.25, -0.2) is 4.98 Å². The highest BCUT2D eigenvalue weighted by atomic mass is 32.1. The predicted octanol–water partition coefficient (Wildman–Crippen LogP) is 6.09. The molecule has 20 heteroatoms. The van der Waals surface area contributed by atoms with Crippen LogP contribution in [0.5, 0.6) is 5.75 Å². The number of hydrogen-bond acceptors (Lipinski definition) is 15. The van der Waals surface area contributed by atoms with E-state index >= 15 is 0 Å². The zero-order valence-corrected chi connectivity index (χ0v) is 45.3. The first kappa shape index (κ1) is 61.4. The Kier molecular flexibility index (Phi) is 24.0. The van der Waals surface area contributed by atoms with Crippen LogP contribution >= 0.6 is 11.3 Å². The number of phenols is 1. The Bertz CT molecular complexity index is 2290. The number of nitrogens with two attached hydrogens (primary N) is 1. The molecule has 73 heavy (non-hydrogen) atoms. The van der Waals surface area contributed by atoms with Crippen molar-refractivity contribution >= 4 is 70.1 Å². The molecule has 3 rings (SSSR count). The van der Waals surface area contributed by atoms with Crippen LogP contribution in [0, 0.1) is 29.6 Å².